The molecule has 2 rings (SSSR count). The predicted octanol–water partition coefficient (Wildman–Crippen LogP) is -0.385. The minimum Gasteiger partial charge on any atom is -0.394 e. The zero-order valence-corrected chi connectivity index (χ0v) is 8.77. The van der Waals surface area contributed by atoms with Gasteiger partial charge in [-0.2, -0.15) is 0 Å². The van der Waals surface area contributed by atoms with Gasteiger partial charge in [0.15, 0.2) is 5.79 Å². The molecule has 3 N–H and O–H groups in total. The topological polar surface area (TPSA) is 73.9 Å². The minimum atomic E-state index is -3.11. The summed E-state index contributed by atoms with van der Waals surface area (Å²) in [6, 6.07) is -0.378. The molecule has 0 amide bonds. The molecule has 0 spiro atoms. The summed E-state index contributed by atoms with van der Waals surface area (Å²) >= 11 is 0. The van der Waals surface area contributed by atoms with Crippen molar-refractivity contribution in [2.75, 3.05) is 13.1 Å². The van der Waals surface area contributed by atoms with Crippen LogP contribution in [-0.2, 0) is 14.2 Å². The van der Waals surface area contributed by atoms with Gasteiger partial charge in [-0.25, -0.2) is 0 Å². The molecular weight excluding hydrogens is 198 g/mol. The van der Waals surface area contributed by atoms with Gasteiger partial charge >= 0.3 is 0 Å². The van der Waals surface area contributed by atoms with Crippen molar-refractivity contribution in [3.8, 4) is 0 Å². The normalized spacial score (nSPS) is 49.1. The maximum absolute atomic E-state index is 9.14. The minimum absolute atomic E-state index is 0.279. The molecule has 5 nitrogen and oxygen atoms in total. The summed E-state index contributed by atoms with van der Waals surface area (Å²) in [5.74, 6) is -0.833. The maximum atomic E-state index is 9.14. The Balaban J connectivity index is 2.11. The third-order valence-corrected chi connectivity index (χ3v) is 2.71. The van der Waals surface area contributed by atoms with Crippen LogP contribution >= 0.6 is 0 Å². The molecule has 0 aromatic heterocycles. The van der Waals surface area contributed by atoms with E-state index in [1.165, 1.54) is 0 Å². The Morgan fingerprint density at radius 3 is 2.87 bits per heavy atom. The molecule has 0 unspecified atom stereocenters. The van der Waals surface area contributed by atoms with Crippen molar-refractivity contribution >= 4 is 0 Å². The second-order valence-electron chi connectivity index (χ2n) is 4.33. The lowest BCUT2D eigenvalue weighted by Crippen LogP contribution is -2.35. The highest BCUT2D eigenvalue weighted by molar-refractivity contribution is 5.01. The fourth-order valence-corrected chi connectivity index (χ4v) is 2.19. The molecule has 0 aromatic rings. The lowest BCUT2D eigenvalue weighted by molar-refractivity contribution is -0.168. The van der Waals surface area contributed by atoms with Gasteiger partial charge in [0, 0.05) is 6.04 Å². The Morgan fingerprint density at radius 1 is 1.53 bits per heavy atom. The van der Waals surface area contributed by atoms with Crippen molar-refractivity contribution in [2.45, 2.75) is 50.4 Å². The second kappa shape index (κ2) is 3.99. The Kier molecular flexibility index (Phi) is 1.91. The highest BCUT2D eigenvalue weighted by Crippen LogP contribution is 2.38. The first-order valence-corrected chi connectivity index (χ1v) is 4.94. The van der Waals surface area contributed by atoms with Gasteiger partial charge in [-0.1, -0.05) is 0 Å². The Labute approximate surface area is 95.1 Å². The van der Waals surface area contributed by atoms with Crippen LogP contribution in [0.4, 0.5) is 0 Å². The molecule has 2 aliphatic rings. The van der Waals surface area contributed by atoms with Crippen molar-refractivity contribution in [2.24, 2.45) is 5.73 Å². The van der Waals surface area contributed by atoms with Gasteiger partial charge in [0.1, 0.15) is 12.2 Å². The predicted molar refractivity (Wildman–Crippen MR) is 53.2 cm³/mol. The molecule has 1 saturated heterocycles. The Hall–Kier alpha value is -0.200. The molecule has 2 fully saturated rings. The van der Waals surface area contributed by atoms with Crippen molar-refractivity contribution in [3.05, 3.63) is 0 Å². The lowest BCUT2D eigenvalue weighted by atomic mass is 10.2. The number of rotatable bonds is 3. The first-order valence-electron chi connectivity index (χ1n) is 6.94. The van der Waals surface area contributed by atoms with Gasteiger partial charge in [0.05, 0.1) is 24.7 Å². The Bertz CT molecular complexity index is 360. The first kappa shape index (κ1) is 7.19. The molecule has 1 heterocycles. The average Bonchev–Trinajstić information content (AvgIpc) is 2.62. The average molecular weight is 221 g/mol. The molecule has 5 heteroatoms. The monoisotopic (exact) mass is 221 g/mol. The van der Waals surface area contributed by atoms with Crippen molar-refractivity contribution < 1.29 is 24.8 Å². The maximum Gasteiger partial charge on any atom is 0.163 e. The standard InChI is InChI=1S/C10H19NO4/c1-10(2)14-8-6(11)5-7(9(8)15-10)13-4-3-12/h6-9,12H,3-5,11H2,1-2H3/t6-,7+,8+,9-/m1/s1/i3D2,4D2. The highest BCUT2D eigenvalue weighted by Gasteiger charge is 2.53. The van der Waals surface area contributed by atoms with E-state index < -0.39 is 37.2 Å². The number of hydrogen-bond donors (Lipinski definition) is 2. The molecule has 0 bridgehead atoms. The smallest absolute Gasteiger partial charge is 0.163 e. The fourth-order valence-electron chi connectivity index (χ4n) is 2.19. The first-order chi connectivity index (χ1) is 8.43. The molecule has 1 aliphatic carbocycles. The fraction of sp³-hybridized carbons (Fsp3) is 1.00. The van der Waals surface area contributed by atoms with E-state index in [4.69, 9.17) is 30.5 Å². The van der Waals surface area contributed by atoms with Crippen LogP contribution in [0.5, 0.6) is 0 Å². The SMILES string of the molecule is [2H]C([2H])(O)C([2H])([2H])O[C@H]1C[C@@H](N)[C@@H]2OC(C)(C)O[C@@H]21. The quantitative estimate of drug-likeness (QED) is 0.679. The number of nitrogens with two attached hydrogens (primary N) is 1. The number of fused-ring (bicyclic) bond motifs is 1. The summed E-state index contributed by atoms with van der Waals surface area (Å²) in [6.07, 6.45) is -1.47. The molecule has 88 valence electrons. The zero-order valence-electron chi connectivity index (χ0n) is 12.8. The van der Waals surface area contributed by atoms with Crippen LogP contribution < -0.4 is 5.73 Å². The van der Waals surface area contributed by atoms with Crippen molar-refractivity contribution in [3.63, 3.8) is 0 Å². The van der Waals surface area contributed by atoms with Crippen LogP contribution in [0.25, 0.3) is 0 Å². The lowest BCUT2D eigenvalue weighted by Gasteiger charge is -2.22. The molecule has 0 radical (unpaired) electrons. The van der Waals surface area contributed by atoms with Gasteiger partial charge in [0.25, 0.3) is 0 Å². The van der Waals surface area contributed by atoms with Crippen molar-refractivity contribution in [1.29, 1.82) is 0 Å². The summed E-state index contributed by atoms with van der Waals surface area (Å²) < 4.78 is 45.2. The van der Waals surface area contributed by atoms with Crippen LogP contribution in [0.2, 0.25) is 0 Å². The van der Waals surface area contributed by atoms with E-state index in [0.717, 1.165) is 0 Å². The number of ether oxygens (including phenoxy) is 3. The van der Waals surface area contributed by atoms with Crippen LogP contribution in [0.15, 0.2) is 0 Å². The third-order valence-electron chi connectivity index (χ3n) is 2.71. The Morgan fingerprint density at radius 2 is 2.20 bits per heavy atom. The molecule has 4 atom stereocenters. The largest absolute Gasteiger partial charge is 0.394 e. The highest BCUT2D eigenvalue weighted by atomic mass is 16.8. The van der Waals surface area contributed by atoms with Gasteiger partial charge in [-0.15, -0.1) is 0 Å². The summed E-state index contributed by atoms with van der Waals surface area (Å²) in [6.45, 7) is -2.52. The van der Waals surface area contributed by atoms with E-state index in [-0.39, 0.29) is 12.5 Å². The third kappa shape index (κ3) is 2.16. The molecule has 0 aromatic carbocycles. The molecule has 15 heavy (non-hydrogen) atoms. The van der Waals surface area contributed by atoms with Gasteiger partial charge < -0.3 is 25.1 Å². The van der Waals surface area contributed by atoms with Crippen LogP contribution in [-0.4, -0.2) is 48.4 Å². The van der Waals surface area contributed by atoms with Crippen LogP contribution in [0.3, 0.4) is 0 Å². The second-order valence-corrected chi connectivity index (χ2v) is 4.33. The van der Waals surface area contributed by atoms with E-state index in [9.17, 15) is 0 Å². The number of hydrogen-bond acceptors (Lipinski definition) is 5. The summed E-state index contributed by atoms with van der Waals surface area (Å²) in [5, 5.41) is 9.14. The molecule has 1 saturated carbocycles. The summed E-state index contributed by atoms with van der Waals surface area (Å²) in [7, 11) is 0. The van der Waals surface area contributed by atoms with E-state index in [0.29, 0.717) is 0 Å². The van der Waals surface area contributed by atoms with E-state index in [2.05, 4.69) is 0 Å². The number of aliphatic hydroxyl groups is 1. The van der Waals surface area contributed by atoms with Gasteiger partial charge in [-0.05, 0) is 20.3 Å². The van der Waals surface area contributed by atoms with E-state index >= 15 is 0 Å². The molecular formula is C10H19NO4. The summed E-state index contributed by atoms with van der Waals surface area (Å²) in [4.78, 5) is 0. The van der Waals surface area contributed by atoms with E-state index in [1.54, 1.807) is 13.8 Å². The molecule has 1 aliphatic heterocycles. The van der Waals surface area contributed by atoms with E-state index in [1.807, 2.05) is 0 Å². The van der Waals surface area contributed by atoms with Gasteiger partial charge in [-0.3, -0.25) is 0 Å². The zero-order chi connectivity index (χ0) is 14.6. The van der Waals surface area contributed by atoms with Crippen molar-refractivity contribution in [1.82, 2.24) is 0 Å². The van der Waals surface area contributed by atoms with Crippen LogP contribution in [0.1, 0.15) is 25.8 Å². The summed E-state index contributed by atoms with van der Waals surface area (Å²) in [5.41, 5.74) is 5.90. The van der Waals surface area contributed by atoms with Crippen LogP contribution in [0, 0.1) is 0 Å². The van der Waals surface area contributed by atoms with Gasteiger partial charge in [0.2, 0.25) is 0 Å².